The average molecular weight is 1110 g/mol. The van der Waals surface area contributed by atoms with Gasteiger partial charge in [-0.25, -0.2) is 0 Å². The summed E-state index contributed by atoms with van der Waals surface area (Å²) in [7, 11) is 0. The van der Waals surface area contributed by atoms with Crippen LogP contribution in [0.3, 0.4) is 0 Å². The molecule has 0 saturated carbocycles. The Labute approximate surface area is 494 Å². The Morgan fingerprint density at radius 1 is 0.263 bits per heavy atom. The summed E-state index contributed by atoms with van der Waals surface area (Å²) in [6.45, 7) is 6.33. The maximum absolute atomic E-state index is 12.9. The van der Waals surface area contributed by atoms with E-state index in [-0.39, 0.29) is 37.5 Å². The predicted octanol–water partition coefficient (Wildman–Crippen LogP) is 22.9. The molecule has 6 heteroatoms. The number of hydrogen-bond acceptors (Lipinski definition) is 6. The van der Waals surface area contributed by atoms with Crippen molar-refractivity contribution in [2.75, 3.05) is 13.2 Å². The van der Waals surface area contributed by atoms with Crippen LogP contribution in [0.1, 0.15) is 297 Å². The number of carbonyl (C=O) groups excluding carboxylic acids is 3. The van der Waals surface area contributed by atoms with Gasteiger partial charge in [0, 0.05) is 19.3 Å². The second-order valence-electron chi connectivity index (χ2n) is 21.6. The third kappa shape index (κ3) is 64.4. The van der Waals surface area contributed by atoms with Crippen molar-refractivity contribution in [2.24, 2.45) is 0 Å². The summed E-state index contributed by atoms with van der Waals surface area (Å²) < 4.78 is 16.9. The number of carbonyl (C=O) groups is 3. The molecule has 0 rings (SSSR count). The van der Waals surface area contributed by atoms with Crippen LogP contribution in [0.25, 0.3) is 0 Å². The molecule has 0 fully saturated rings. The molecule has 0 aromatic heterocycles. The highest BCUT2D eigenvalue weighted by atomic mass is 16.6. The number of hydrogen-bond donors (Lipinski definition) is 0. The van der Waals surface area contributed by atoms with Crippen LogP contribution in [0.5, 0.6) is 0 Å². The molecule has 454 valence electrons. The van der Waals surface area contributed by atoms with Gasteiger partial charge in [0.15, 0.2) is 6.10 Å². The summed E-state index contributed by atoms with van der Waals surface area (Å²) in [5.41, 5.74) is 0. The highest BCUT2D eigenvalue weighted by Gasteiger charge is 2.19. The number of esters is 3. The first kappa shape index (κ1) is 75.5. The van der Waals surface area contributed by atoms with E-state index in [1.807, 2.05) is 0 Å². The first-order chi connectivity index (χ1) is 39.5. The van der Waals surface area contributed by atoms with Crippen LogP contribution < -0.4 is 0 Å². The fraction of sp³-hybridized carbons (Fsp3) is 0.662. The van der Waals surface area contributed by atoms with Crippen molar-refractivity contribution in [1.82, 2.24) is 0 Å². The highest BCUT2D eigenvalue weighted by molar-refractivity contribution is 5.71. The summed E-state index contributed by atoms with van der Waals surface area (Å²) in [5, 5.41) is 0. The normalized spacial score (nSPS) is 13.0. The third-order valence-electron chi connectivity index (χ3n) is 13.9. The van der Waals surface area contributed by atoms with Gasteiger partial charge in [-0.2, -0.15) is 0 Å². The lowest BCUT2D eigenvalue weighted by atomic mass is 10.0. The van der Waals surface area contributed by atoms with Crippen LogP contribution >= 0.6 is 0 Å². The molecule has 0 aromatic carbocycles. The van der Waals surface area contributed by atoms with E-state index in [4.69, 9.17) is 14.2 Å². The van der Waals surface area contributed by atoms with Crippen molar-refractivity contribution in [3.63, 3.8) is 0 Å². The molecule has 0 aliphatic carbocycles. The minimum atomic E-state index is -0.817. The van der Waals surface area contributed by atoms with Crippen LogP contribution in [0.2, 0.25) is 0 Å². The van der Waals surface area contributed by atoms with Gasteiger partial charge < -0.3 is 14.2 Å². The Bertz CT molecular complexity index is 1700. The summed E-state index contributed by atoms with van der Waals surface area (Å²) in [6.07, 6.45) is 94.8. The first-order valence-corrected chi connectivity index (χ1v) is 33.2. The molecule has 0 amide bonds. The van der Waals surface area contributed by atoms with Gasteiger partial charge in [0.05, 0.1) is 0 Å². The van der Waals surface area contributed by atoms with Crippen molar-refractivity contribution >= 4 is 17.9 Å². The molecule has 0 aliphatic heterocycles. The molecular weight excluding hydrogens is 985 g/mol. The zero-order chi connectivity index (χ0) is 57.8. The van der Waals surface area contributed by atoms with Crippen LogP contribution in [-0.4, -0.2) is 37.2 Å². The van der Waals surface area contributed by atoms with Crippen molar-refractivity contribution in [1.29, 1.82) is 0 Å². The average Bonchev–Trinajstić information content (AvgIpc) is 3.46. The third-order valence-corrected chi connectivity index (χ3v) is 13.9. The molecule has 0 bridgehead atoms. The topological polar surface area (TPSA) is 78.9 Å². The van der Waals surface area contributed by atoms with Crippen LogP contribution in [-0.2, 0) is 28.6 Å². The van der Waals surface area contributed by atoms with E-state index >= 15 is 0 Å². The quantitative estimate of drug-likeness (QED) is 0.0261. The Balaban J connectivity index is 4.28. The molecule has 6 nitrogen and oxygen atoms in total. The Kier molecular flexibility index (Phi) is 63.3. The van der Waals surface area contributed by atoms with Gasteiger partial charge in [-0.3, -0.25) is 14.4 Å². The van der Waals surface area contributed by atoms with E-state index in [0.29, 0.717) is 19.3 Å². The lowest BCUT2D eigenvalue weighted by Crippen LogP contribution is -2.30. The number of rotatable bonds is 59. The minimum Gasteiger partial charge on any atom is -0.462 e. The largest absolute Gasteiger partial charge is 0.462 e. The predicted molar refractivity (Wildman–Crippen MR) is 348 cm³/mol. The Morgan fingerprint density at radius 2 is 0.500 bits per heavy atom. The summed E-state index contributed by atoms with van der Waals surface area (Å²) in [5.74, 6) is -0.975. The number of unbranched alkanes of at least 4 members (excludes halogenated alkanes) is 26. The van der Waals surface area contributed by atoms with Crippen molar-refractivity contribution in [2.45, 2.75) is 303 Å². The molecule has 0 spiro atoms. The number of ether oxygens (including phenoxy) is 3. The molecule has 0 aliphatic rings. The summed E-state index contributed by atoms with van der Waals surface area (Å²) in [4.78, 5) is 38.3. The van der Waals surface area contributed by atoms with E-state index in [1.54, 1.807) is 0 Å². The van der Waals surface area contributed by atoms with Gasteiger partial charge in [-0.15, -0.1) is 0 Å². The molecule has 1 atom stereocenters. The second kappa shape index (κ2) is 67.1. The maximum Gasteiger partial charge on any atom is 0.306 e. The molecule has 0 radical (unpaired) electrons. The second-order valence-corrected chi connectivity index (χ2v) is 21.6. The van der Waals surface area contributed by atoms with Crippen molar-refractivity contribution in [3.05, 3.63) is 134 Å². The van der Waals surface area contributed by atoms with Crippen molar-refractivity contribution in [3.8, 4) is 0 Å². The van der Waals surface area contributed by atoms with E-state index < -0.39 is 6.10 Å². The number of allylic oxidation sites excluding steroid dienone is 22. The highest BCUT2D eigenvalue weighted by Crippen LogP contribution is 2.16. The maximum atomic E-state index is 12.9. The van der Waals surface area contributed by atoms with E-state index in [0.717, 1.165) is 128 Å². The van der Waals surface area contributed by atoms with E-state index in [9.17, 15) is 14.4 Å². The smallest absolute Gasteiger partial charge is 0.306 e. The van der Waals surface area contributed by atoms with Gasteiger partial charge in [0.25, 0.3) is 0 Å². The van der Waals surface area contributed by atoms with Gasteiger partial charge in [-0.1, -0.05) is 289 Å². The fourth-order valence-corrected chi connectivity index (χ4v) is 8.96. The zero-order valence-electron chi connectivity index (χ0n) is 52.0. The van der Waals surface area contributed by atoms with Gasteiger partial charge in [-0.05, 0) is 122 Å². The van der Waals surface area contributed by atoms with E-state index in [1.165, 1.54) is 122 Å². The lowest BCUT2D eigenvalue weighted by molar-refractivity contribution is -0.167. The molecule has 0 N–H and O–H groups in total. The van der Waals surface area contributed by atoms with Crippen molar-refractivity contribution < 1.29 is 28.6 Å². The molecule has 0 saturated heterocycles. The first-order valence-electron chi connectivity index (χ1n) is 33.2. The van der Waals surface area contributed by atoms with Crippen LogP contribution in [0, 0.1) is 0 Å². The Hall–Kier alpha value is -4.45. The zero-order valence-corrected chi connectivity index (χ0v) is 52.0. The molecule has 0 aromatic rings. The van der Waals surface area contributed by atoms with Crippen LogP contribution in [0.4, 0.5) is 0 Å². The van der Waals surface area contributed by atoms with Gasteiger partial charge in [0.2, 0.25) is 0 Å². The van der Waals surface area contributed by atoms with Gasteiger partial charge >= 0.3 is 17.9 Å². The minimum absolute atomic E-state index is 0.106. The van der Waals surface area contributed by atoms with Gasteiger partial charge in [0.1, 0.15) is 13.2 Å². The Morgan fingerprint density at radius 3 is 0.800 bits per heavy atom. The summed E-state index contributed by atoms with van der Waals surface area (Å²) >= 11 is 0. The molecule has 0 heterocycles. The van der Waals surface area contributed by atoms with Crippen LogP contribution in [0.15, 0.2) is 134 Å². The standard InChI is InChI=1S/C74H122O6/c1-4-7-10-13-16-19-22-25-28-30-31-32-33-34-35-36-37-38-39-40-41-42-43-45-46-49-52-55-58-61-64-67-73(76)79-70-71(69-78-72(75)66-63-60-57-54-51-48-27-24-21-18-15-12-9-6-3)80-74(77)68-65-62-59-56-53-50-47-44-29-26-23-20-17-14-11-8-5-2/h7-8,10-11,15-20,24-29,31-32,47,50,56,59,71H,4-6,9,12-14,21-23,30,33-46,48-49,51-55,57-58,60-70H2,1-3H3/b10-7-,11-8-,18-15-,19-16-,20-17-,27-24-,28-25-,29-26-,32-31-,50-47-,59-56-. The fourth-order valence-electron chi connectivity index (χ4n) is 8.96. The molecular formula is C74H122O6. The molecule has 1 unspecified atom stereocenters. The lowest BCUT2D eigenvalue weighted by Gasteiger charge is -2.18. The molecule has 80 heavy (non-hydrogen) atoms. The summed E-state index contributed by atoms with van der Waals surface area (Å²) in [6, 6.07) is 0. The van der Waals surface area contributed by atoms with E-state index in [2.05, 4.69) is 154 Å². The SMILES string of the molecule is CC/C=C\C/C=C\C/C=C\C/C=C\C/C=C\CCCC(=O)OC(COC(=O)CCCCCCC/C=C\C/C=C\CCCC)COC(=O)CCCCCCCCCCCCCCCCCCCC/C=C\C/C=C\C/C=C\C/C=C\CC. The monoisotopic (exact) mass is 1110 g/mol.